The van der Waals surface area contributed by atoms with Crippen LogP contribution in [0.3, 0.4) is 0 Å². The fourth-order valence-corrected chi connectivity index (χ4v) is 1.77. The Morgan fingerprint density at radius 3 is 2.76 bits per heavy atom. The average Bonchev–Trinajstić information content (AvgIpc) is 3.16. The van der Waals surface area contributed by atoms with E-state index in [0.29, 0.717) is 18.3 Å². The Morgan fingerprint density at radius 1 is 1.29 bits per heavy atom. The van der Waals surface area contributed by atoms with Crippen molar-refractivity contribution in [2.75, 3.05) is 0 Å². The third-order valence-corrected chi connectivity index (χ3v) is 2.78. The Kier molecular flexibility index (Phi) is 4.81. The molecule has 0 bridgehead atoms. The predicted octanol–water partition coefficient (Wildman–Crippen LogP) is 1.72. The molecule has 3 heterocycles. The average molecular weight is 289 g/mol. The number of nitrogens with zero attached hydrogens (tertiary/aromatic N) is 6. The lowest BCUT2D eigenvalue weighted by atomic mass is 10.2. The molecular weight excluding hydrogens is 270 g/mol. The quantitative estimate of drug-likeness (QED) is 0.786. The number of rotatable bonds is 4. The highest BCUT2D eigenvalue weighted by Gasteiger charge is 2.11. The van der Waals surface area contributed by atoms with Gasteiger partial charge >= 0.3 is 0 Å². The van der Waals surface area contributed by atoms with E-state index < -0.39 is 0 Å². The molecule has 3 rings (SSSR count). The lowest BCUT2D eigenvalue weighted by molar-refractivity contribution is 0.276. The summed E-state index contributed by atoms with van der Waals surface area (Å²) in [7, 11) is 0. The minimum absolute atomic E-state index is 0.298. The molecule has 8 nitrogen and oxygen atoms in total. The van der Waals surface area contributed by atoms with Gasteiger partial charge in [-0.05, 0) is 19.4 Å². The third-order valence-electron chi connectivity index (χ3n) is 2.78. The fraction of sp³-hybridized carbons (Fsp3) is 0.462. The Hall–Kier alpha value is -2.51. The Bertz CT molecular complexity index is 690. The van der Waals surface area contributed by atoms with E-state index in [2.05, 4.69) is 30.5 Å². The highest BCUT2D eigenvalue weighted by molar-refractivity contribution is 5.43. The number of aromatic amines is 1. The molecule has 0 atom stereocenters. The number of aryl methyl sites for hydroxylation is 2. The van der Waals surface area contributed by atoms with E-state index >= 15 is 0 Å². The molecule has 0 unspecified atom stereocenters. The first-order chi connectivity index (χ1) is 10.3. The van der Waals surface area contributed by atoms with Gasteiger partial charge in [-0.2, -0.15) is 9.61 Å². The van der Waals surface area contributed by atoms with Crippen molar-refractivity contribution in [3.05, 3.63) is 29.6 Å². The monoisotopic (exact) mass is 289 g/mol. The molecule has 0 aromatic carbocycles. The van der Waals surface area contributed by atoms with E-state index in [1.807, 2.05) is 33.8 Å². The molecule has 0 saturated heterocycles. The van der Waals surface area contributed by atoms with Crippen molar-refractivity contribution in [1.82, 2.24) is 35.0 Å². The number of nitrogens with one attached hydrogen (secondary N) is 1. The second kappa shape index (κ2) is 6.78. The van der Waals surface area contributed by atoms with Gasteiger partial charge in [-0.15, -0.1) is 15.3 Å². The number of hydrogen-bond acceptors (Lipinski definition) is 6. The molecule has 0 amide bonds. The lowest BCUT2D eigenvalue weighted by Gasteiger charge is -2.08. The van der Waals surface area contributed by atoms with Crippen molar-refractivity contribution in [1.29, 1.82) is 0 Å². The summed E-state index contributed by atoms with van der Waals surface area (Å²) in [5, 5.41) is 19.0. The van der Waals surface area contributed by atoms with Crippen LogP contribution in [0, 0.1) is 6.92 Å². The third kappa shape index (κ3) is 3.15. The van der Waals surface area contributed by atoms with E-state index in [0.717, 1.165) is 23.5 Å². The largest absolute Gasteiger partial charge is 0.468 e. The van der Waals surface area contributed by atoms with Crippen LogP contribution >= 0.6 is 0 Å². The molecule has 0 saturated carbocycles. The number of ether oxygens (including phenoxy) is 1. The van der Waals surface area contributed by atoms with Crippen molar-refractivity contribution in [3.63, 3.8) is 0 Å². The Balaban J connectivity index is 0.000000774. The van der Waals surface area contributed by atoms with Gasteiger partial charge < -0.3 is 4.74 Å². The van der Waals surface area contributed by atoms with Gasteiger partial charge in [0.1, 0.15) is 12.9 Å². The molecule has 8 heteroatoms. The van der Waals surface area contributed by atoms with Gasteiger partial charge in [0, 0.05) is 5.56 Å². The summed E-state index contributed by atoms with van der Waals surface area (Å²) in [5.74, 6) is 1.95. The number of aromatic nitrogens is 7. The highest BCUT2D eigenvalue weighted by atomic mass is 16.5. The van der Waals surface area contributed by atoms with Gasteiger partial charge in [0.05, 0.1) is 0 Å². The summed E-state index contributed by atoms with van der Waals surface area (Å²) >= 11 is 0. The number of fused-ring (bicyclic) bond motifs is 1. The molecule has 3 aromatic heterocycles. The van der Waals surface area contributed by atoms with Gasteiger partial charge in [-0.25, -0.2) is 4.98 Å². The molecule has 21 heavy (non-hydrogen) atoms. The zero-order valence-corrected chi connectivity index (χ0v) is 12.7. The molecule has 3 aromatic rings. The van der Waals surface area contributed by atoms with Gasteiger partial charge in [0.2, 0.25) is 5.88 Å². The molecule has 0 fully saturated rings. The minimum Gasteiger partial charge on any atom is -0.468 e. The van der Waals surface area contributed by atoms with Crippen LogP contribution in [-0.2, 0) is 13.0 Å². The first-order valence-electron chi connectivity index (χ1n) is 6.97. The predicted molar refractivity (Wildman–Crippen MR) is 77.0 cm³/mol. The summed E-state index contributed by atoms with van der Waals surface area (Å²) in [4.78, 5) is 4.01. The summed E-state index contributed by atoms with van der Waals surface area (Å²) in [6, 6.07) is 1.93. The van der Waals surface area contributed by atoms with Crippen LogP contribution in [0.5, 0.6) is 5.88 Å². The standard InChI is InChI=1S/C11H13N7O.C2H6/c1-3-8-4-10-16-14-7(2)18(10)17-11(8)19-5-9-12-6-13-15-9;1-2/h4,6H,3,5H2,1-2H3,(H,12,13,15);1-2H3. The van der Waals surface area contributed by atoms with Crippen LogP contribution in [0.2, 0.25) is 0 Å². The first-order valence-corrected chi connectivity index (χ1v) is 6.97. The number of H-pyrrole nitrogens is 1. The van der Waals surface area contributed by atoms with E-state index in [1.165, 1.54) is 6.33 Å². The highest BCUT2D eigenvalue weighted by Crippen LogP contribution is 2.18. The Morgan fingerprint density at radius 2 is 2.10 bits per heavy atom. The van der Waals surface area contributed by atoms with Crippen LogP contribution in [-0.4, -0.2) is 35.0 Å². The summed E-state index contributed by atoms with van der Waals surface area (Å²) in [5.41, 5.74) is 1.71. The van der Waals surface area contributed by atoms with Crippen LogP contribution in [0.25, 0.3) is 5.65 Å². The molecule has 0 spiro atoms. The van der Waals surface area contributed by atoms with Crippen molar-refractivity contribution in [2.24, 2.45) is 0 Å². The SMILES string of the molecule is CC.CCc1cc2nnc(C)n2nc1OCc1ncn[nH]1. The molecule has 112 valence electrons. The van der Waals surface area contributed by atoms with E-state index in [1.54, 1.807) is 4.52 Å². The van der Waals surface area contributed by atoms with Gasteiger partial charge in [-0.1, -0.05) is 20.8 Å². The van der Waals surface area contributed by atoms with Gasteiger partial charge in [-0.3, -0.25) is 5.10 Å². The normalized spacial score (nSPS) is 10.3. The summed E-state index contributed by atoms with van der Waals surface area (Å²) < 4.78 is 7.35. The van der Waals surface area contributed by atoms with E-state index in [9.17, 15) is 0 Å². The summed E-state index contributed by atoms with van der Waals surface area (Å²) in [6.45, 7) is 8.18. The summed E-state index contributed by atoms with van der Waals surface area (Å²) in [6.07, 6.45) is 2.25. The lowest BCUT2D eigenvalue weighted by Crippen LogP contribution is -2.06. The van der Waals surface area contributed by atoms with E-state index in [4.69, 9.17) is 4.74 Å². The minimum atomic E-state index is 0.298. The van der Waals surface area contributed by atoms with Gasteiger partial charge in [0.15, 0.2) is 17.3 Å². The smallest absolute Gasteiger partial charge is 0.235 e. The maximum atomic E-state index is 5.68. The van der Waals surface area contributed by atoms with E-state index in [-0.39, 0.29) is 0 Å². The van der Waals surface area contributed by atoms with Crippen LogP contribution in [0.4, 0.5) is 0 Å². The second-order valence-electron chi connectivity index (χ2n) is 4.07. The topological polar surface area (TPSA) is 93.9 Å². The zero-order valence-electron chi connectivity index (χ0n) is 12.7. The Labute approximate surface area is 122 Å². The van der Waals surface area contributed by atoms with Gasteiger partial charge in [0.25, 0.3) is 0 Å². The molecule has 0 aliphatic carbocycles. The molecule has 1 N–H and O–H groups in total. The van der Waals surface area contributed by atoms with Crippen LogP contribution in [0.1, 0.15) is 38.0 Å². The molecule has 0 aliphatic rings. The maximum Gasteiger partial charge on any atom is 0.235 e. The zero-order chi connectivity index (χ0) is 15.2. The molecule has 0 aliphatic heterocycles. The fourth-order valence-electron chi connectivity index (χ4n) is 1.77. The molecule has 0 radical (unpaired) electrons. The second-order valence-corrected chi connectivity index (χ2v) is 4.07. The van der Waals surface area contributed by atoms with Crippen molar-refractivity contribution in [3.8, 4) is 5.88 Å². The molecular formula is C13H19N7O. The first kappa shape index (κ1) is 14.9. The van der Waals surface area contributed by atoms with Crippen molar-refractivity contribution in [2.45, 2.75) is 40.7 Å². The van der Waals surface area contributed by atoms with Crippen molar-refractivity contribution >= 4 is 5.65 Å². The number of hydrogen-bond donors (Lipinski definition) is 1. The van der Waals surface area contributed by atoms with Crippen molar-refractivity contribution < 1.29 is 4.74 Å². The maximum absolute atomic E-state index is 5.68. The van der Waals surface area contributed by atoms with Crippen LogP contribution < -0.4 is 4.74 Å². The van der Waals surface area contributed by atoms with Crippen LogP contribution in [0.15, 0.2) is 12.4 Å².